The van der Waals surface area contributed by atoms with E-state index >= 15 is 0 Å². The fourth-order valence-electron chi connectivity index (χ4n) is 3.45. The Morgan fingerprint density at radius 3 is 2.55 bits per heavy atom. The smallest absolute Gasteiger partial charge is 0.354 e. The van der Waals surface area contributed by atoms with E-state index in [1.165, 1.54) is 28.2 Å². The molecule has 1 aliphatic rings. The van der Waals surface area contributed by atoms with Crippen molar-refractivity contribution >= 4 is 27.6 Å². The molecule has 0 spiro atoms. The summed E-state index contributed by atoms with van der Waals surface area (Å²) in [5, 5.41) is 2.83. The minimum atomic E-state index is -3.94. The second kappa shape index (κ2) is 8.00. The van der Waals surface area contributed by atoms with E-state index in [2.05, 4.69) is 10.1 Å². The lowest BCUT2D eigenvalue weighted by atomic mass is 10.1. The van der Waals surface area contributed by atoms with Gasteiger partial charge in [-0.2, -0.15) is 4.31 Å². The molecule has 1 atom stereocenters. The van der Waals surface area contributed by atoms with Gasteiger partial charge in [0, 0.05) is 25.5 Å². The van der Waals surface area contributed by atoms with Crippen LogP contribution in [0.3, 0.4) is 0 Å². The minimum Gasteiger partial charge on any atom is -0.464 e. The molecule has 9 heteroatoms. The number of anilines is 1. The second-order valence-corrected chi connectivity index (χ2v) is 9.12. The van der Waals surface area contributed by atoms with Crippen LogP contribution in [0.4, 0.5) is 5.69 Å². The Morgan fingerprint density at radius 2 is 1.90 bits per heavy atom. The van der Waals surface area contributed by atoms with Crippen molar-refractivity contribution in [2.45, 2.75) is 37.6 Å². The van der Waals surface area contributed by atoms with E-state index in [-0.39, 0.29) is 23.0 Å². The molecule has 0 aliphatic carbocycles. The number of esters is 1. The number of hydrogen-bond donors (Lipinski definition) is 1. The molecule has 1 saturated heterocycles. The summed E-state index contributed by atoms with van der Waals surface area (Å²) in [5.74, 6) is -0.988. The molecule has 1 amide bonds. The molecular formula is C20H25N3O5S. The average Bonchev–Trinajstić information content (AvgIpc) is 3.32. The normalized spacial score (nSPS) is 17.3. The Bertz CT molecular complexity index is 1060. The van der Waals surface area contributed by atoms with Crippen molar-refractivity contribution in [2.24, 2.45) is 7.05 Å². The maximum atomic E-state index is 13.2. The molecular weight excluding hydrogens is 394 g/mol. The summed E-state index contributed by atoms with van der Waals surface area (Å²) >= 11 is 0. The van der Waals surface area contributed by atoms with Gasteiger partial charge in [-0.15, -0.1) is 0 Å². The third kappa shape index (κ3) is 4.06. The molecule has 29 heavy (non-hydrogen) atoms. The van der Waals surface area contributed by atoms with Crippen LogP contribution in [-0.4, -0.2) is 48.9 Å². The van der Waals surface area contributed by atoms with Gasteiger partial charge >= 0.3 is 5.97 Å². The van der Waals surface area contributed by atoms with Gasteiger partial charge in [0.15, 0.2) is 0 Å². The van der Waals surface area contributed by atoms with E-state index in [1.54, 1.807) is 13.1 Å². The number of aryl methyl sites for hydroxylation is 3. The van der Waals surface area contributed by atoms with Gasteiger partial charge in [-0.3, -0.25) is 4.79 Å². The van der Waals surface area contributed by atoms with Crippen molar-refractivity contribution in [2.75, 3.05) is 19.0 Å². The summed E-state index contributed by atoms with van der Waals surface area (Å²) < 4.78 is 33.6. The Morgan fingerprint density at radius 1 is 1.17 bits per heavy atom. The van der Waals surface area contributed by atoms with Crippen molar-refractivity contribution in [1.29, 1.82) is 0 Å². The van der Waals surface area contributed by atoms with Crippen molar-refractivity contribution in [3.63, 3.8) is 0 Å². The van der Waals surface area contributed by atoms with Crippen LogP contribution in [-0.2, 0) is 26.6 Å². The Balaban J connectivity index is 1.84. The first-order valence-electron chi connectivity index (χ1n) is 9.30. The zero-order valence-corrected chi connectivity index (χ0v) is 17.7. The van der Waals surface area contributed by atoms with Gasteiger partial charge in [-0.25, -0.2) is 13.2 Å². The lowest BCUT2D eigenvalue weighted by Gasteiger charge is -2.23. The summed E-state index contributed by atoms with van der Waals surface area (Å²) in [6.45, 7) is 4.18. The number of carbonyl (C=O) groups is 2. The van der Waals surface area contributed by atoms with Crippen LogP contribution in [0.1, 0.15) is 34.5 Å². The van der Waals surface area contributed by atoms with Crippen LogP contribution in [0.2, 0.25) is 0 Å². The first kappa shape index (κ1) is 21.1. The van der Waals surface area contributed by atoms with Crippen LogP contribution < -0.4 is 5.32 Å². The summed E-state index contributed by atoms with van der Waals surface area (Å²) in [6, 6.07) is 6.04. The molecule has 1 aliphatic heterocycles. The van der Waals surface area contributed by atoms with Gasteiger partial charge in [-0.1, -0.05) is 6.07 Å². The van der Waals surface area contributed by atoms with Crippen molar-refractivity contribution in [3.05, 3.63) is 47.3 Å². The summed E-state index contributed by atoms with van der Waals surface area (Å²) in [5.41, 5.74) is 2.91. The zero-order chi connectivity index (χ0) is 21.3. The fourth-order valence-corrected chi connectivity index (χ4v) is 5.18. The summed E-state index contributed by atoms with van der Waals surface area (Å²) in [7, 11) is -1.14. The Hall–Kier alpha value is -2.65. The lowest BCUT2D eigenvalue weighted by molar-refractivity contribution is -0.119. The molecule has 1 fully saturated rings. The number of nitrogens with one attached hydrogen (secondary N) is 1. The monoisotopic (exact) mass is 419 g/mol. The number of nitrogens with zero attached hydrogens (tertiary/aromatic N) is 2. The maximum absolute atomic E-state index is 13.2. The Labute approximate surface area is 170 Å². The number of aromatic nitrogens is 1. The lowest BCUT2D eigenvalue weighted by Crippen LogP contribution is -2.43. The maximum Gasteiger partial charge on any atom is 0.354 e. The average molecular weight is 420 g/mol. The number of methoxy groups -OCH3 is 1. The van der Waals surface area contributed by atoms with Gasteiger partial charge in [0.2, 0.25) is 15.9 Å². The molecule has 2 heterocycles. The summed E-state index contributed by atoms with van der Waals surface area (Å²) in [4.78, 5) is 24.6. The molecule has 0 bridgehead atoms. The quantitative estimate of drug-likeness (QED) is 0.750. The third-order valence-corrected chi connectivity index (χ3v) is 7.14. The predicted octanol–water partition coefficient (Wildman–Crippen LogP) is 2.22. The largest absolute Gasteiger partial charge is 0.464 e. The number of sulfonamides is 1. The highest BCUT2D eigenvalue weighted by atomic mass is 32.2. The van der Waals surface area contributed by atoms with Gasteiger partial charge in [0.05, 0.1) is 7.11 Å². The van der Waals surface area contributed by atoms with Gasteiger partial charge in [0.1, 0.15) is 16.6 Å². The number of hydrogen-bond acceptors (Lipinski definition) is 5. The zero-order valence-electron chi connectivity index (χ0n) is 16.9. The fraction of sp³-hybridized carbons (Fsp3) is 0.400. The number of rotatable bonds is 5. The van der Waals surface area contributed by atoms with Crippen LogP contribution in [0, 0.1) is 13.8 Å². The van der Waals surface area contributed by atoms with Crippen LogP contribution in [0.15, 0.2) is 35.4 Å². The van der Waals surface area contributed by atoms with Crippen LogP contribution >= 0.6 is 0 Å². The van der Waals surface area contributed by atoms with E-state index in [1.807, 2.05) is 26.0 Å². The molecule has 0 unspecified atom stereocenters. The Kier molecular flexibility index (Phi) is 5.81. The third-order valence-electron chi connectivity index (χ3n) is 5.26. The standard InChI is InChI=1S/C20H25N3O5S/c1-13-7-8-15(10-14(13)2)21-19(24)17-6-5-9-23(17)29(26,27)16-11-18(20(25)28-4)22(3)12-16/h7-8,10-12,17H,5-6,9H2,1-4H3,(H,21,24)/t17-/m1/s1. The van der Waals surface area contributed by atoms with E-state index in [4.69, 9.17) is 0 Å². The highest BCUT2D eigenvalue weighted by Gasteiger charge is 2.40. The van der Waals surface area contributed by atoms with Crippen molar-refractivity contribution in [3.8, 4) is 0 Å². The molecule has 2 aromatic rings. The van der Waals surface area contributed by atoms with E-state index in [0.29, 0.717) is 18.5 Å². The van der Waals surface area contributed by atoms with Crippen LogP contribution in [0.25, 0.3) is 0 Å². The second-order valence-electron chi connectivity index (χ2n) is 7.23. The highest BCUT2D eigenvalue weighted by molar-refractivity contribution is 7.89. The predicted molar refractivity (Wildman–Crippen MR) is 108 cm³/mol. The van der Waals surface area contributed by atoms with Crippen molar-refractivity contribution in [1.82, 2.24) is 8.87 Å². The van der Waals surface area contributed by atoms with E-state index in [0.717, 1.165) is 11.1 Å². The molecule has 3 rings (SSSR count). The number of ether oxygens (including phenoxy) is 1. The van der Waals surface area contributed by atoms with Crippen LogP contribution in [0.5, 0.6) is 0 Å². The SMILES string of the molecule is COC(=O)c1cc(S(=O)(=O)N2CCC[C@@H]2C(=O)Nc2ccc(C)c(C)c2)cn1C. The van der Waals surface area contributed by atoms with Gasteiger partial charge in [0.25, 0.3) is 0 Å². The number of amides is 1. The molecule has 0 radical (unpaired) electrons. The van der Waals surface area contributed by atoms with Gasteiger partial charge < -0.3 is 14.6 Å². The summed E-state index contributed by atoms with van der Waals surface area (Å²) in [6.07, 6.45) is 2.38. The first-order chi connectivity index (χ1) is 13.6. The van der Waals surface area contributed by atoms with Crippen molar-refractivity contribution < 1.29 is 22.7 Å². The molecule has 0 saturated carbocycles. The highest BCUT2D eigenvalue weighted by Crippen LogP contribution is 2.28. The van der Waals surface area contributed by atoms with E-state index < -0.39 is 22.0 Å². The molecule has 1 aromatic heterocycles. The number of benzene rings is 1. The molecule has 1 N–H and O–H groups in total. The van der Waals surface area contributed by atoms with Gasteiger partial charge in [-0.05, 0) is 56.0 Å². The number of carbonyl (C=O) groups excluding carboxylic acids is 2. The molecule has 8 nitrogen and oxygen atoms in total. The minimum absolute atomic E-state index is 0.0359. The molecule has 1 aromatic carbocycles. The molecule has 156 valence electrons. The topological polar surface area (TPSA) is 97.7 Å². The van der Waals surface area contributed by atoms with E-state index in [9.17, 15) is 18.0 Å². The first-order valence-corrected chi connectivity index (χ1v) is 10.7.